The summed E-state index contributed by atoms with van der Waals surface area (Å²) in [4.78, 5) is 8.52. The van der Waals surface area contributed by atoms with E-state index in [0.717, 1.165) is 16.9 Å². The molecule has 0 bridgehead atoms. The predicted molar refractivity (Wildman–Crippen MR) is 73.1 cm³/mol. The first-order chi connectivity index (χ1) is 9.19. The van der Waals surface area contributed by atoms with Gasteiger partial charge in [-0.25, -0.2) is 15.8 Å². The monoisotopic (exact) mass is 260 g/mol. The van der Waals surface area contributed by atoms with Gasteiger partial charge in [-0.2, -0.15) is 0 Å². The number of aromatic nitrogens is 2. The van der Waals surface area contributed by atoms with Crippen LogP contribution in [0.2, 0.25) is 0 Å². The van der Waals surface area contributed by atoms with Crippen LogP contribution in [0, 0.1) is 6.92 Å². The molecule has 0 atom stereocenters. The van der Waals surface area contributed by atoms with E-state index in [2.05, 4.69) is 15.4 Å². The number of ether oxygens (including phenoxy) is 2. The van der Waals surface area contributed by atoms with Crippen molar-refractivity contribution < 1.29 is 9.47 Å². The summed E-state index contributed by atoms with van der Waals surface area (Å²) in [5, 5.41) is 0. The molecule has 100 valence electrons. The molecule has 0 spiro atoms. The van der Waals surface area contributed by atoms with Crippen molar-refractivity contribution in [2.45, 2.75) is 6.92 Å². The van der Waals surface area contributed by atoms with Crippen molar-refractivity contribution >= 4 is 5.82 Å². The van der Waals surface area contributed by atoms with Crippen LogP contribution < -0.4 is 20.7 Å². The first-order valence-corrected chi connectivity index (χ1v) is 5.72. The number of methoxy groups -OCH3 is 2. The average molecular weight is 260 g/mol. The van der Waals surface area contributed by atoms with Gasteiger partial charge in [0, 0.05) is 12.3 Å². The lowest BCUT2D eigenvalue weighted by Gasteiger charge is -2.12. The zero-order valence-electron chi connectivity index (χ0n) is 11.1. The molecule has 0 saturated carbocycles. The highest BCUT2D eigenvalue weighted by atomic mass is 16.5. The Morgan fingerprint density at radius 1 is 1.16 bits per heavy atom. The molecule has 0 saturated heterocycles. The Hall–Kier alpha value is -2.34. The average Bonchev–Trinajstić information content (AvgIpc) is 2.46. The van der Waals surface area contributed by atoms with Gasteiger partial charge >= 0.3 is 0 Å². The molecule has 6 heteroatoms. The maximum Gasteiger partial charge on any atom is 0.165 e. The number of aryl methyl sites for hydroxylation is 1. The van der Waals surface area contributed by atoms with Gasteiger partial charge in [-0.05, 0) is 24.6 Å². The van der Waals surface area contributed by atoms with Crippen molar-refractivity contribution in [2.24, 2.45) is 5.84 Å². The van der Waals surface area contributed by atoms with E-state index >= 15 is 0 Å². The molecule has 0 aliphatic rings. The minimum absolute atomic E-state index is 0.519. The third kappa shape index (κ3) is 2.58. The highest BCUT2D eigenvalue weighted by Gasteiger charge is 2.13. The number of nitrogen functional groups attached to an aromatic ring is 1. The summed E-state index contributed by atoms with van der Waals surface area (Å²) in [6, 6.07) is 5.42. The largest absolute Gasteiger partial charge is 0.496 e. The van der Waals surface area contributed by atoms with Crippen LogP contribution in [-0.4, -0.2) is 24.2 Å². The highest BCUT2D eigenvalue weighted by Crippen LogP contribution is 2.34. The SMILES string of the molecule is COc1cc(-c2nccc(NN)n2)c(OC)cc1C. The smallest absolute Gasteiger partial charge is 0.165 e. The molecule has 1 heterocycles. The predicted octanol–water partition coefficient (Wildman–Crippen LogP) is 1.75. The van der Waals surface area contributed by atoms with E-state index in [-0.39, 0.29) is 0 Å². The first-order valence-electron chi connectivity index (χ1n) is 5.72. The van der Waals surface area contributed by atoms with Crippen molar-refractivity contribution in [2.75, 3.05) is 19.6 Å². The number of hydrazine groups is 1. The standard InChI is InChI=1S/C13H16N4O2/c1-8-6-11(19-3)9(7-10(8)18-2)13-15-5-4-12(16-13)17-14/h4-7H,14H2,1-3H3,(H,15,16,17). The van der Waals surface area contributed by atoms with Gasteiger partial charge in [0.25, 0.3) is 0 Å². The summed E-state index contributed by atoms with van der Waals surface area (Å²) in [5.74, 6) is 7.85. The molecule has 0 aliphatic heterocycles. The molecule has 3 N–H and O–H groups in total. The second-order valence-corrected chi connectivity index (χ2v) is 3.93. The van der Waals surface area contributed by atoms with E-state index in [4.69, 9.17) is 15.3 Å². The molecule has 19 heavy (non-hydrogen) atoms. The quantitative estimate of drug-likeness (QED) is 0.644. The molecule has 6 nitrogen and oxygen atoms in total. The van der Waals surface area contributed by atoms with Crippen LogP contribution in [-0.2, 0) is 0 Å². The normalized spacial score (nSPS) is 10.1. The van der Waals surface area contributed by atoms with Gasteiger partial charge in [-0.3, -0.25) is 0 Å². The molecular weight excluding hydrogens is 244 g/mol. The lowest BCUT2D eigenvalue weighted by molar-refractivity contribution is 0.401. The van der Waals surface area contributed by atoms with Crippen LogP contribution in [0.15, 0.2) is 24.4 Å². The van der Waals surface area contributed by atoms with E-state index in [1.54, 1.807) is 26.5 Å². The lowest BCUT2D eigenvalue weighted by atomic mass is 10.1. The van der Waals surface area contributed by atoms with E-state index in [9.17, 15) is 0 Å². The molecule has 1 aromatic heterocycles. The fraction of sp³-hybridized carbons (Fsp3) is 0.231. The molecular formula is C13H16N4O2. The summed E-state index contributed by atoms with van der Waals surface area (Å²) in [5.41, 5.74) is 4.23. The Balaban J connectivity index is 2.58. The molecule has 0 amide bonds. The van der Waals surface area contributed by atoms with E-state index in [0.29, 0.717) is 17.4 Å². The van der Waals surface area contributed by atoms with Crippen LogP contribution in [0.5, 0.6) is 11.5 Å². The summed E-state index contributed by atoms with van der Waals surface area (Å²) < 4.78 is 10.7. The molecule has 2 rings (SSSR count). The van der Waals surface area contributed by atoms with Gasteiger partial charge in [0.05, 0.1) is 19.8 Å². The topological polar surface area (TPSA) is 82.3 Å². The maximum absolute atomic E-state index is 5.37. The number of rotatable bonds is 4. The van der Waals surface area contributed by atoms with Crippen LogP contribution in [0.3, 0.4) is 0 Å². The highest BCUT2D eigenvalue weighted by molar-refractivity contribution is 5.68. The Bertz CT molecular complexity index is 587. The third-order valence-electron chi connectivity index (χ3n) is 2.76. The number of hydrogen-bond acceptors (Lipinski definition) is 6. The number of benzene rings is 1. The van der Waals surface area contributed by atoms with Crippen molar-refractivity contribution in [1.82, 2.24) is 9.97 Å². The molecule has 0 radical (unpaired) electrons. The van der Waals surface area contributed by atoms with Crippen LogP contribution in [0.1, 0.15) is 5.56 Å². The van der Waals surface area contributed by atoms with Crippen molar-refractivity contribution in [1.29, 1.82) is 0 Å². The van der Waals surface area contributed by atoms with Gasteiger partial charge < -0.3 is 14.9 Å². The van der Waals surface area contributed by atoms with Gasteiger partial charge in [0.2, 0.25) is 0 Å². The second kappa shape index (κ2) is 5.53. The molecule has 2 aromatic rings. The summed E-state index contributed by atoms with van der Waals surface area (Å²) >= 11 is 0. The number of anilines is 1. The van der Waals surface area contributed by atoms with E-state index in [1.165, 1.54) is 0 Å². The minimum atomic E-state index is 0.519. The Labute approximate surface area is 111 Å². The van der Waals surface area contributed by atoms with Gasteiger partial charge in [-0.15, -0.1) is 0 Å². The second-order valence-electron chi connectivity index (χ2n) is 3.93. The van der Waals surface area contributed by atoms with E-state index in [1.807, 2.05) is 19.1 Å². The Morgan fingerprint density at radius 3 is 2.53 bits per heavy atom. The molecule has 0 unspecified atom stereocenters. The number of hydrogen-bond donors (Lipinski definition) is 2. The van der Waals surface area contributed by atoms with Crippen LogP contribution in [0.25, 0.3) is 11.4 Å². The summed E-state index contributed by atoms with van der Waals surface area (Å²) in [7, 11) is 3.23. The third-order valence-corrected chi connectivity index (χ3v) is 2.76. The van der Waals surface area contributed by atoms with Crippen LogP contribution >= 0.6 is 0 Å². The first kappa shape index (κ1) is 13.1. The Kier molecular flexibility index (Phi) is 3.82. The van der Waals surface area contributed by atoms with Crippen molar-refractivity contribution in [3.63, 3.8) is 0 Å². The van der Waals surface area contributed by atoms with Gasteiger partial charge in [0.15, 0.2) is 5.82 Å². The number of nitrogens with one attached hydrogen (secondary N) is 1. The molecule has 0 fully saturated rings. The van der Waals surface area contributed by atoms with E-state index < -0.39 is 0 Å². The lowest BCUT2D eigenvalue weighted by Crippen LogP contribution is -2.09. The Morgan fingerprint density at radius 2 is 1.89 bits per heavy atom. The number of nitrogens with zero attached hydrogens (tertiary/aromatic N) is 2. The zero-order chi connectivity index (χ0) is 13.8. The zero-order valence-corrected chi connectivity index (χ0v) is 11.1. The summed E-state index contributed by atoms with van der Waals surface area (Å²) in [6.45, 7) is 1.95. The molecule has 1 aromatic carbocycles. The fourth-order valence-electron chi connectivity index (χ4n) is 1.79. The van der Waals surface area contributed by atoms with Gasteiger partial charge in [0.1, 0.15) is 17.3 Å². The van der Waals surface area contributed by atoms with Crippen LogP contribution in [0.4, 0.5) is 5.82 Å². The molecule has 0 aliphatic carbocycles. The van der Waals surface area contributed by atoms with Crippen molar-refractivity contribution in [3.8, 4) is 22.9 Å². The van der Waals surface area contributed by atoms with Gasteiger partial charge in [-0.1, -0.05) is 0 Å². The summed E-state index contributed by atoms with van der Waals surface area (Å²) in [6.07, 6.45) is 1.63. The van der Waals surface area contributed by atoms with Crippen molar-refractivity contribution in [3.05, 3.63) is 30.0 Å². The minimum Gasteiger partial charge on any atom is -0.496 e. The maximum atomic E-state index is 5.37. The fourth-order valence-corrected chi connectivity index (χ4v) is 1.79. The number of nitrogens with two attached hydrogens (primary N) is 1.